The summed E-state index contributed by atoms with van der Waals surface area (Å²) in [6.07, 6.45) is 6.83. The van der Waals surface area contributed by atoms with Gasteiger partial charge in [-0.1, -0.05) is 145 Å². The van der Waals surface area contributed by atoms with Crippen molar-refractivity contribution in [2.45, 2.75) is 52.4 Å². The summed E-state index contributed by atoms with van der Waals surface area (Å²) in [6, 6.07) is 65.5. The van der Waals surface area contributed by atoms with E-state index in [9.17, 15) is 0 Å². The molecule has 0 spiro atoms. The number of fused-ring (bicyclic) bond motifs is 14. The Hall–Kier alpha value is -7.13. The lowest BCUT2D eigenvalue weighted by molar-refractivity contribution is 0.909. The van der Waals surface area contributed by atoms with Crippen LogP contribution in [-0.4, -0.2) is 0 Å². The molecule has 0 saturated heterocycles. The van der Waals surface area contributed by atoms with Crippen molar-refractivity contribution in [2.24, 2.45) is 0 Å². The molecule has 0 radical (unpaired) electrons. The fourth-order valence-corrected chi connectivity index (χ4v) is 12.3. The van der Waals surface area contributed by atoms with Crippen LogP contribution in [0.4, 0.5) is 34.1 Å². The van der Waals surface area contributed by atoms with E-state index in [1.165, 1.54) is 117 Å². The Labute approximate surface area is 384 Å². The van der Waals surface area contributed by atoms with Crippen LogP contribution in [0.15, 0.2) is 176 Å². The molecule has 0 aromatic heterocycles. The minimum atomic E-state index is 0.706. The number of nitrogens with zero attached hydrogens (tertiary/aromatic N) is 2. The molecule has 0 bridgehead atoms. The zero-order valence-electron chi connectivity index (χ0n) is 36.8. The number of halogens is 1. The summed E-state index contributed by atoms with van der Waals surface area (Å²) in [5.41, 5.74) is 15.0. The molecule has 13 rings (SSSR count). The van der Waals surface area contributed by atoms with E-state index >= 15 is 0 Å². The van der Waals surface area contributed by atoms with Gasteiger partial charge in [-0.3, -0.25) is 0 Å². The van der Waals surface area contributed by atoms with Crippen LogP contribution in [0.1, 0.15) is 46.2 Å². The van der Waals surface area contributed by atoms with Gasteiger partial charge in [0.2, 0.25) is 0 Å². The van der Waals surface area contributed by atoms with Gasteiger partial charge in [-0.2, -0.15) is 0 Å². The normalized spacial score (nSPS) is 13.4. The molecule has 0 heterocycles. The minimum Gasteiger partial charge on any atom is -0.309 e. The smallest absolute Gasteiger partial charge is 0.0887 e. The Morgan fingerprint density at radius 3 is 1.28 bits per heavy atom. The summed E-state index contributed by atoms with van der Waals surface area (Å²) < 4.78 is 0. The van der Waals surface area contributed by atoms with Crippen LogP contribution < -0.4 is 9.80 Å². The van der Waals surface area contributed by atoms with Gasteiger partial charge in [0.1, 0.15) is 0 Å². The van der Waals surface area contributed by atoms with Crippen LogP contribution in [0, 0.1) is 13.8 Å². The van der Waals surface area contributed by atoms with Crippen molar-refractivity contribution in [3.05, 3.63) is 214 Å². The molecule has 3 heteroatoms. The molecule has 65 heavy (non-hydrogen) atoms. The first kappa shape index (κ1) is 38.3. The monoisotopic (exact) mass is 854 g/mol. The third-order valence-corrected chi connectivity index (χ3v) is 15.4. The van der Waals surface area contributed by atoms with E-state index in [4.69, 9.17) is 11.6 Å². The van der Waals surface area contributed by atoms with Crippen LogP contribution in [-0.2, 0) is 25.7 Å². The van der Waals surface area contributed by atoms with Gasteiger partial charge in [0.05, 0.1) is 22.1 Å². The van der Waals surface area contributed by atoms with E-state index in [0.717, 1.165) is 54.1 Å². The highest BCUT2D eigenvalue weighted by Crippen LogP contribution is 2.52. The highest BCUT2D eigenvalue weighted by Gasteiger charge is 2.29. The first-order chi connectivity index (χ1) is 32.0. The Morgan fingerprint density at radius 1 is 0.338 bits per heavy atom. The second kappa shape index (κ2) is 15.0. The Balaban J connectivity index is 1.10. The standard InChI is InChI=1S/C62H47ClN2/c1-38-43-25-11-15-40(43)31-35-56(38)64(42-33-34-52-47-19-4-3-17-45(47)46-18-6-8-23-51(46)55(52)37-42)59-29-14-30-60(62(59)63)65(57-36-32-41-16-12-26-44(41)39(57)2)58-28-13-27-54-50-21-7-5-20-48(50)49-22-9-10-24-53(49)61(54)58/h3-10,13-14,17-24,27-37H,11-12,15-16,25-26H2,1-2H3. The highest BCUT2D eigenvalue weighted by molar-refractivity contribution is 6.37. The number of benzene rings is 11. The van der Waals surface area contributed by atoms with Crippen molar-refractivity contribution in [3.8, 4) is 0 Å². The van der Waals surface area contributed by atoms with E-state index in [1.807, 2.05) is 0 Å². The summed E-state index contributed by atoms with van der Waals surface area (Å²) in [6.45, 7) is 4.64. The van der Waals surface area contributed by atoms with Crippen LogP contribution in [0.5, 0.6) is 0 Å². The molecule has 0 fully saturated rings. The number of hydrogen-bond acceptors (Lipinski definition) is 2. The van der Waals surface area contributed by atoms with Crippen molar-refractivity contribution in [3.63, 3.8) is 0 Å². The number of hydrogen-bond donors (Lipinski definition) is 0. The van der Waals surface area contributed by atoms with Crippen molar-refractivity contribution in [1.29, 1.82) is 0 Å². The summed E-state index contributed by atoms with van der Waals surface area (Å²) in [5, 5.41) is 15.7. The van der Waals surface area contributed by atoms with Crippen LogP contribution in [0.3, 0.4) is 0 Å². The lowest BCUT2D eigenvalue weighted by atomic mass is 9.92. The Morgan fingerprint density at radius 2 is 0.738 bits per heavy atom. The first-order valence-corrected chi connectivity index (χ1v) is 23.7. The maximum Gasteiger partial charge on any atom is 0.0887 e. The van der Waals surface area contributed by atoms with Gasteiger partial charge in [0.15, 0.2) is 0 Å². The Bertz CT molecular complexity index is 3710. The molecule has 0 saturated carbocycles. The molecule has 2 aliphatic rings. The average Bonchev–Trinajstić information content (AvgIpc) is 4.06. The molecule has 11 aromatic rings. The lowest BCUT2D eigenvalue weighted by Gasteiger charge is -2.34. The largest absolute Gasteiger partial charge is 0.309 e. The minimum absolute atomic E-state index is 0.706. The Kier molecular flexibility index (Phi) is 8.83. The van der Waals surface area contributed by atoms with E-state index < -0.39 is 0 Å². The van der Waals surface area contributed by atoms with Crippen LogP contribution in [0.25, 0.3) is 64.6 Å². The van der Waals surface area contributed by atoms with E-state index in [2.05, 4.69) is 200 Å². The quantitative estimate of drug-likeness (QED) is 0.154. The number of anilines is 6. The number of rotatable bonds is 6. The summed E-state index contributed by atoms with van der Waals surface area (Å²) in [4.78, 5) is 4.93. The second-order valence-electron chi connectivity index (χ2n) is 18.3. The van der Waals surface area contributed by atoms with E-state index in [-0.39, 0.29) is 0 Å². The molecule has 2 nitrogen and oxygen atoms in total. The molecule has 0 amide bonds. The predicted octanol–water partition coefficient (Wildman–Crippen LogP) is 17.8. The molecule has 2 aliphatic carbocycles. The van der Waals surface area contributed by atoms with Gasteiger partial charge in [-0.05, 0) is 187 Å². The van der Waals surface area contributed by atoms with Crippen LogP contribution in [0.2, 0.25) is 5.02 Å². The predicted molar refractivity (Wildman–Crippen MR) is 279 cm³/mol. The fraction of sp³-hybridized carbons (Fsp3) is 0.129. The third-order valence-electron chi connectivity index (χ3n) is 15.0. The van der Waals surface area contributed by atoms with Crippen molar-refractivity contribution < 1.29 is 0 Å². The van der Waals surface area contributed by atoms with Crippen molar-refractivity contribution >= 4 is 110 Å². The zero-order valence-corrected chi connectivity index (χ0v) is 37.5. The second-order valence-corrected chi connectivity index (χ2v) is 18.7. The zero-order chi connectivity index (χ0) is 43.3. The van der Waals surface area contributed by atoms with Crippen LogP contribution >= 0.6 is 11.6 Å². The molecule has 0 N–H and O–H groups in total. The van der Waals surface area contributed by atoms with Gasteiger partial charge in [-0.15, -0.1) is 0 Å². The van der Waals surface area contributed by atoms with Crippen molar-refractivity contribution in [1.82, 2.24) is 0 Å². The summed E-state index contributed by atoms with van der Waals surface area (Å²) >= 11 is 8.21. The lowest BCUT2D eigenvalue weighted by Crippen LogP contribution is -2.17. The fourth-order valence-electron chi connectivity index (χ4n) is 12.0. The molecule has 0 aliphatic heterocycles. The summed E-state index contributed by atoms with van der Waals surface area (Å²) in [5.74, 6) is 0. The topological polar surface area (TPSA) is 6.48 Å². The molecular weight excluding hydrogens is 808 g/mol. The van der Waals surface area contributed by atoms with Gasteiger partial charge in [0, 0.05) is 22.4 Å². The molecule has 312 valence electrons. The maximum atomic E-state index is 8.21. The van der Waals surface area contributed by atoms with Gasteiger partial charge >= 0.3 is 0 Å². The van der Waals surface area contributed by atoms with Gasteiger partial charge < -0.3 is 9.80 Å². The molecule has 0 atom stereocenters. The molecule has 11 aromatic carbocycles. The third kappa shape index (κ3) is 5.80. The van der Waals surface area contributed by atoms with Crippen molar-refractivity contribution in [2.75, 3.05) is 9.80 Å². The van der Waals surface area contributed by atoms with Gasteiger partial charge in [-0.25, -0.2) is 0 Å². The first-order valence-electron chi connectivity index (χ1n) is 23.3. The highest BCUT2D eigenvalue weighted by atomic mass is 35.5. The molecule has 0 unspecified atom stereocenters. The number of aryl methyl sites for hydroxylation is 2. The van der Waals surface area contributed by atoms with E-state index in [0.29, 0.717) is 5.02 Å². The van der Waals surface area contributed by atoms with Gasteiger partial charge in [0.25, 0.3) is 0 Å². The molecular formula is C62H47ClN2. The summed E-state index contributed by atoms with van der Waals surface area (Å²) in [7, 11) is 0. The van der Waals surface area contributed by atoms with E-state index in [1.54, 1.807) is 0 Å². The SMILES string of the molecule is Cc1c(N(c2ccc3c4ccccc4c4ccccc4c3c2)c2cccc(N(c3ccc4c(c3C)CCC4)c3cccc4c5ccccc5c5ccccc5c34)c2Cl)ccc2c1CCC2. The average molecular weight is 856 g/mol. The maximum absolute atomic E-state index is 8.21.